The van der Waals surface area contributed by atoms with Gasteiger partial charge in [0, 0.05) is 45.7 Å². The molecule has 5 nitrogen and oxygen atoms in total. The maximum atomic E-state index is 10.7. The Morgan fingerprint density at radius 2 is 1.77 bits per heavy atom. The maximum absolute atomic E-state index is 10.7. The third-order valence-corrected chi connectivity index (χ3v) is 4.60. The number of benzene rings is 1. The summed E-state index contributed by atoms with van der Waals surface area (Å²) < 4.78 is 11.0. The van der Waals surface area contributed by atoms with E-state index in [0.29, 0.717) is 45.6 Å². The molecule has 5 heteroatoms. The van der Waals surface area contributed by atoms with E-state index in [1.165, 1.54) is 0 Å². The van der Waals surface area contributed by atoms with Gasteiger partial charge in [-0.2, -0.15) is 0 Å². The summed E-state index contributed by atoms with van der Waals surface area (Å²) >= 11 is 0. The van der Waals surface area contributed by atoms with Crippen molar-refractivity contribution < 1.29 is 19.7 Å². The number of hydrogen-bond acceptors (Lipinski definition) is 5. The number of β-amino-alcohol motifs (C(OH)–C–C–N with tert-alkyl or cyclic N) is 2. The van der Waals surface area contributed by atoms with Crippen molar-refractivity contribution in [3.8, 4) is 5.75 Å². The minimum absolute atomic E-state index is 0.287. The first kappa shape index (κ1) is 15.7. The van der Waals surface area contributed by atoms with Crippen LogP contribution in [0.3, 0.4) is 0 Å². The van der Waals surface area contributed by atoms with Gasteiger partial charge < -0.3 is 19.7 Å². The monoisotopic (exact) mass is 307 g/mol. The number of likely N-dealkylation sites (tertiary alicyclic amines) is 1. The zero-order valence-electron chi connectivity index (χ0n) is 12.9. The van der Waals surface area contributed by atoms with Crippen LogP contribution in [0.1, 0.15) is 19.3 Å². The molecule has 2 aliphatic rings. The van der Waals surface area contributed by atoms with Crippen LogP contribution in [0.5, 0.6) is 5.75 Å². The lowest BCUT2D eigenvalue weighted by atomic mass is 9.94. The van der Waals surface area contributed by atoms with Crippen LogP contribution in [-0.2, 0) is 4.74 Å². The molecular weight excluding hydrogens is 282 g/mol. The van der Waals surface area contributed by atoms with Gasteiger partial charge in [-0.05, 0) is 18.6 Å². The van der Waals surface area contributed by atoms with Crippen LogP contribution in [0.2, 0.25) is 0 Å². The zero-order chi connectivity index (χ0) is 15.5. The Balaban J connectivity index is 1.50. The minimum atomic E-state index is -0.836. The molecule has 2 saturated heterocycles. The standard InChI is InChI=1S/C17H25NO4/c19-16(7-10-21-11-8-16)12-18-9-6-17(20,13-18)14-22-15-4-2-1-3-5-15/h1-5,19-20H,6-14H2/t17-/m0/s1. The van der Waals surface area contributed by atoms with Gasteiger partial charge in [0.25, 0.3) is 0 Å². The quantitative estimate of drug-likeness (QED) is 0.851. The highest BCUT2D eigenvalue weighted by molar-refractivity contribution is 5.21. The first-order valence-electron chi connectivity index (χ1n) is 8.00. The van der Waals surface area contributed by atoms with Crippen LogP contribution in [0, 0.1) is 0 Å². The zero-order valence-corrected chi connectivity index (χ0v) is 12.9. The minimum Gasteiger partial charge on any atom is -0.491 e. The Morgan fingerprint density at radius 1 is 1.05 bits per heavy atom. The lowest BCUT2D eigenvalue weighted by Crippen LogP contribution is -2.48. The summed E-state index contributed by atoms with van der Waals surface area (Å²) in [5, 5.41) is 21.2. The molecule has 0 unspecified atom stereocenters. The summed E-state index contributed by atoms with van der Waals surface area (Å²) in [5.74, 6) is 0.775. The van der Waals surface area contributed by atoms with Crippen molar-refractivity contribution in [1.29, 1.82) is 0 Å². The Kier molecular flexibility index (Phi) is 4.68. The Morgan fingerprint density at radius 3 is 2.50 bits per heavy atom. The predicted molar refractivity (Wildman–Crippen MR) is 82.9 cm³/mol. The Bertz CT molecular complexity index is 475. The fourth-order valence-corrected chi connectivity index (χ4v) is 3.25. The molecule has 122 valence electrons. The topological polar surface area (TPSA) is 62.2 Å². The number of rotatable bonds is 5. The van der Waals surface area contributed by atoms with Crippen LogP contribution < -0.4 is 4.74 Å². The van der Waals surface area contributed by atoms with Crippen molar-refractivity contribution in [3.63, 3.8) is 0 Å². The molecule has 1 aromatic carbocycles. The van der Waals surface area contributed by atoms with Crippen molar-refractivity contribution >= 4 is 0 Å². The summed E-state index contributed by atoms with van der Waals surface area (Å²) in [6.07, 6.45) is 2.01. The largest absolute Gasteiger partial charge is 0.491 e. The van der Waals surface area contributed by atoms with Crippen molar-refractivity contribution in [1.82, 2.24) is 4.90 Å². The Labute approximate surface area is 131 Å². The molecule has 0 radical (unpaired) electrons. The number of para-hydroxylation sites is 1. The van der Waals surface area contributed by atoms with E-state index in [9.17, 15) is 10.2 Å². The molecule has 2 fully saturated rings. The van der Waals surface area contributed by atoms with Crippen molar-refractivity contribution in [2.45, 2.75) is 30.5 Å². The fraction of sp³-hybridized carbons (Fsp3) is 0.647. The lowest BCUT2D eigenvalue weighted by Gasteiger charge is -2.35. The maximum Gasteiger partial charge on any atom is 0.119 e. The van der Waals surface area contributed by atoms with E-state index in [4.69, 9.17) is 9.47 Å². The van der Waals surface area contributed by atoms with Gasteiger partial charge in [-0.1, -0.05) is 18.2 Å². The molecule has 0 aliphatic carbocycles. The molecule has 2 aliphatic heterocycles. The normalized spacial score (nSPS) is 28.6. The highest BCUT2D eigenvalue weighted by atomic mass is 16.5. The second-order valence-electron chi connectivity index (χ2n) is 6.62. The third kappa shape index (κ3) is 3.98. The van der Waals surface area contributed by atoms with E-state index in [-0.39, 0.29) is 6.61 Å². The van der Waals surface area contributed by atoms with Crippen molar-refractivity contribution in [3.05, 3.63) is 30.3 Å². The summed E-state index contributed by atoms with van der Waals surface area (Å²) in [7, 11) is 0. The average Bonchev–Trinajstić information content (AvgIpc) is 2.88. The molecule has 0 saturated carbocycles. The van der Waals surface area contributed by atoms with Crippen LogP contribution in [0.25, 0.3) is 0 Å². The number of hydrogen-bond donors (Lipinski definition) is 2. The van der Waals surface area contributed by atoms with E-state index < -0.39 is 11.2 Å². The molecule has 0 bridgehead atoms. The second kappa shape index (κ2) is 6.54. The van der Waals surface area contributed by atoms with Gasteiger partial charge in [-0.3, -0.25) is 4.90 Å². The van der Waals surface area contributed by atoms with E-state index in [1.807, 2.05) is 30.3 Å². The Hall–Kier alpha value is -1.14. The lowest BCUT2D eigenvalue weighted by molar-refractivity contribution is -0.0809. The van der Waals surface area contributed by atoms with Crippen LogP contribution in [-0.4, -0.2) is 65.8 Å². The van der Waals surface area contributed by atoms with E-state index >= 15 is 0 Å². The summed E-state index contributed by atoms with van der Waals surface area (Å²) in [4.78, 5) is 2.14. The van der Waals surface area contributed by atoms with E-state index in [0.717, 1.165) is 12.3 Å². The van der Waals surface area contributed by atoms with Crippen LogP contribution in [0.4, 0.5) is 0 Å². The molecule has 0 amide bonds. The van der Waals surface area contributed by atoms with Gasteiger partial charge in [0.05, 0.1) is 5.60 Å². The number of nitrogens with zero attached hydrogens (tertiary/aromatic N) is 1. The van der Waals surface area contributed by atoms with Gasteiger partial charge in [-0.15, -0.1) is 0 Å². The molecule has 1 aromatic rings. The highest BCUT2D eigenvalue weighted by Gasteiger charge is 2.40. The van der Waals surface area contributed by atoms with Crippen molar-refractivity contribution in [2.24, 2.45) is 0 Å². The number of ether oxygens (including phenoxy) is 2. The molecular formula is C17H25NO4. The molecule has 22 heavy (non-hydrogen) atoms. The van der Waals surface area contributed by atoms with Gasteiger partial charge >= 0.3 is 0 Å². The van der Waals surface area contributed by atoms with Crippen LogP contribution >= 0.6 is 0 Å². The molecule has 0 spiro atoms. The first-order chi connectivity index (χ1) is 10.6. The molecule has 1 atom stereocenters. The van der Waals surface area contributed by atoms with Gasteiger partial charge in [0.15, 0.2) is 0 Å². The second-order valence-corrected chi connectivity index (χ2v) is 6.62. The highest BCUT2D eigenvalue weighted by Crippen LogP contribution is 2.27. The summed E-state index contributed by atoms with van der Waals surface area (Å²) in [6.45, 7) is 3.46. The number of aliphatic hydroxyl groups is 2. The molecule has 2 heterocycles. The molecule has 3 rings (SSSR count). The van der Waals surface area contributed by atoms with E-state index in [2.05, 4.69) is 4.90 Å². The van der Waals surface area contributed by atoms with E-state index in [1.54, 1.807) is 0 Å². The smallest absolute Gasteiger partial charge is 0.119 e. The third-order valence-electron chi connectivity index (χ3n) is 4.60. The molecule has 2 N–H and O–H groups in total. The first-order valence-corrected chi connectivity index (χ1v) is 8.00. The predicted octanol–water partition coefficient (Wildman–Crippen LogP) is 1.04. The van der Waals surface area contributed by atoms with Crippen molar-refractivity contribution in [2.75, 3.05) is 39.5 Å². The summed E-state index contributed by atoms with van der Waals surface area (Å²) in [6, 6.07) is 9.55. The fourth-order valence-electron chi connectivity index (χ4n) is 3.25. The van der Waals surface area contributed by atoms with Gasteiger partial charge in [0.2, 0.25) is 0 Å². The van der Waals surface area contributed by atoms with Crippen LogP contribution in [0.15, 0.2) is 30.3 Å². The molecule has 0 aromatic heterocycles. The van der Waals surface area contributed by atoms with Gasteiger partial charge in [0.1, 0.15) is 18.0 Å². The SMILES string of the molecule is OC1(CN2CC[C@@](O)(COc3ccccc3)C2)CCOCC1. The average molecular weight is 307 g/mol. The van der Waals surface area contributed by atoms with Gasteiger partial charge in [-0.25, -0.2) is 0 Å². The summed E-state index contributed by atoms with van der Waals surface area (Å²) in [5.41, 5.74) is -1.51.